The molecule has 92 valence electrons. The largest absolute Gasteiger partial charge is 0.467 e. The van der Waals surface area contributed by atoms with Crippen molar-refractivity contribution in [1.29, 1.82) is 0 Å². The molecule has 0 bridgehead atoms. The molecule has 3 nitrogen and oxygen atoms in total. The van der Waals surface area contributed by atoms with E-state index in [1.165, 1.54) is 6.42 Å². The molecule has 4 heteroatoms. The van der Waals surface area contributed by atoms with Gasteiger partial charge in [0.05, 0.1) is 6.61 Å². The van der Waals surface area contributed by atoms with Crippen LogP contribution in [0.15, 0.2) is 12.1 Å². The molecule has 1 N–H and O–H groups in total. The van der Waals surface area contributed by atoms with Crippen LogP contribution in [-0.4, -0.2) is 19.4 Å². The number of halogens is 1. The van der Waals surface area contributed by atoms with Crippen LogP contribution in [0.5, 0.6) is 5.75 Å². The zero-order valence-corrected chi connectivity index (χ0v) is 9.67. The third-order valence-electron chi connectivity index (χ3n) is 3.41. The van der Waals surface area contributed by atoms with Crippen molar-refractivity contribution < 1.29 is 13.9 Å². The van der Waals surface area contributed by atoms with Gasteiger partial charge in [0.15, 0.2) is 6.79 Å². The van der Waals surface area contributed by atoms with E-state index in [1.807, 2.05) is 6.07 Å². The fraction of sp³-hybridized carbons (Fsp3) is 0.538. The van der Waals surface area contributed by atoms with Crippen molar-refractivity contribution in [3.63, 3.8) is 0 Å². The molecule has 0 saturated carbocycles. The number of nitrogens with one attached hydrogen (secondary N) is 1. The van der Waals surface area contributed by atoms with Crippen LogP contribution in [0.1, 0.15) is 24.0 Å². The highest BCUT2D eigenvalue weighted by Gasteiger charge is 2.19. The highest BCUT2D eigenvalue weighted by molar-refractivity contribution is 5.39. The van der Waals surface area contributed by atoms with Crippen LogP contribution in [-0.2, 0) is 17.8 Å². The second kappa shape index (κ2) is 4.63. The lowest BCUT2D eigenvalue weighted by Crippen LogP contribution is -2.24. The fourth-order valence-corrected chi connectivity index (χ4v) is 2.49. The lowest BCUT2D eigenvalue weighted by atomic mass is 10.0. The van der Waals surface area contributed by atoms with Crippen LogP contribution in [0.3, 0.4) is 0 Å². The van der Waals surface area contributed by atoms with Gasteiger partial charge in [0.25, 0.3) is 0 Å². The van der Waals surface area contributed by atoms with E-state index in [1.54, 1.807) is 6.07 Å². The van der Waals surface area contributed by atoms with E-state index < -0.39 is 0 Å². The van der Waals surface area contributed by atoms with Crippen LogP contribution >= 0.6 is 0 Å². The quantitative estimate of drug-likeness (QED) is 0.853. The average Bonchev–Trinajstić information content (AvgIpc) is 2.83. The normalized spacial score (nSPS) is 23.2. The van der Waals surface area contributed by atoms with E-state index in [0.717, 1.165) is 36.3 Å². The average molecular weight is 237 g/mol. The maximum absolute atomic E-state index is 13.9. The summed E-state index contributed by atoms with van der Waals surface area (Å²) in [5, 5.41) is 3.38. The van der Waals surface area contributed by atoms with Crippen molar-refractivity contribution in [1.82, 2.24) is 5.32 Å². The molecule has 0 spiro atoms. The van der Waals surface area contributed by atoms with Gasteiger partial charge < -0.3 is 14.8 Å². The molecule has 0 aliphatic carbocycles. The molecule has 1 atom stereocenters. The Hall–Kier alpha value is -1.13. The summed E-state index contributed by atoms with van der Waals surface area (Å²) in [5.41, 5.74) is 1.54. The number of benzene rings is 1. The van der Waals surface area contributed by atoms with Gasteiger partial charge in [0.2, 0.25) is 0 Å². The highest BCUT2D eigenvalue weighted by atomic mass is 19.1. The molecule has 1 saturated heterocycles. The second-order valence-corrected chi connectivity index (χ2v) is 4.66. The minimum atomic E-state index is -0.147. The third kappa shape index (κ3) is 2.28. The topological polar surface area (TPSA) is 30.5 Å². The van der Waals surface area contributed by atoms with Gasteiger partial charge in [-0.05, 0) is 43.5 Å². The predicted octanol–water partition coefficient (Wildman–Crippen LogP) is 1.99. The van der Waals surface area contributed by atoms with Crippen molar-refractivity contribution in [3.8, 4) is 5.75 Å². The molecule has 1 aromatic rings. The van der Waals surface area contributed by atoms with E-state index in [-0.39, 0.29) is 12.6 Å². The minimum absolute atomic E-state index is 0.147. The lowest BCUT2D eigenvalue weighted by Gasteiger charge is -2.19. The molecule has 2 aliphatic heterocycles. The molecular weight excluding hydrogens is 221 g/mol. The number of ether oxygens (including phenoxy) is 2. The van der Waals surface area contributed by atoms with Crippen LogP contribution in [0.2, 0.25) is 0 Å². The van der Waals surface area contributed by atoms with Gasteiger partial charge in [-0.3, -0.25) is 0 Å². The number of hydrogen-bond acceptors (Lipinski definition) is 3. The third-order valence-corrected chi connectivity index (χ3v) is 3.41. The number of fused-ring (bicyclic) bond motifs is 1. The first kappa shape index (κ1) is 11.0. The summed E-state index contributed by atoms with van der Waals surface area (Å²) in [4.78, 5) is 0. The minimum Gasteiger partial charge on any atom is -0.467 e. The van der Waals surface area contributed by atoms with Gasteiger partial charge in [-0.15, -0.1) is 0 Å². The Kier molecular flexibility index (Phi) is 2.99. The molecule has 3 rings (SSSR count). The van der Waals surface area contributed by atoms with Gasteiger partial charge in [-0.25, -0.2) is 4.39 Å². The standard InChI is InChI=1S/C13H16FNO2/c14-12-5-10-7-16-8-17-13(10)6-9(12)4-11-2-1-3-15-11/h5-6,11,15H,1-4,7-8H2. The molecule has 1 aromatic carbocycles. The van der Waals surface area contributed by atoms with Crippen LogP contribution in [0, 0.1) is 5.82 Å². The summed E-state index contributed by atoms with van der Waals surface area (Å²) in [6.45, 7) is 1.75. The van der Waals surface area contributed by atoms with E-state index in [2.05, 4.69) is 5.32 Å². The van der Waals surface area contributed by atoms with Crippen molar-refractivity contribution in [2.24, 2.45) is 0 Å². The van der Waals surface area contributed by atoms with Gasteiger partial charge in [-0.2, -0.15) is 0 Å². The number of hydrogen-bond donors (Lipinski definition) is 1. The summed E-state index contributed by atoms with van der Waals surface area (Å²) < 4.78 is 24.4. The maximum Gasteiger partial charge on any atom is 0.189 e. The zero-order chi connectivity index (χ0) is 11.7. The molecule has 0 aromatic heterocycles. The zero-order valence-electron chi connectivity index (χ0n) is 9.67. The van der Waals surface area contributed by atoms with Gasteiger partial charge in [0, 0.05) is 11.6 Å². The molecule has 1 fully saturated rings. The van der Waals surface area contributed by atoms with Gasteiger partial charge in [0.1, 0.15) is 11.6 Å². The van der Waals surface area contributed by atoms with Crippen molar-refractivity contribution >= 4 is 0 Å². The van der Waals surface area contributed by atoms with Gasteiger partial charge in [-0.1, -0.05) is 0 Å². The molecule has 2 aliphatic rings. The van der Waals surface area contributed by atoms with Crippen molar-refractivity contribution in [2.45, 2.75) is 31.9 Å². The lowest BCUT2D eigenvalue weighted by molar-refractivity contribution is -0.0166. The van der Waals surface area contributed by atoms with Crippen molar-refractivity contribution in [3.05, 3.63) is 29.1 Å². The monoisotopic (exact) mass is 237 g/mol. The smallest absolute Gasteiger partial charge is 0.189 e. The van der Waals surface area contributed by atoms with E-state index >= 15 is 0 Å². The Morgan fingerprint density at radius 1 is 1.41 bits per heavy atom. The first-order valence-electron chi connectivity index (χ1n) is 6.08. The maximum atomic E-state index is 13.9. The molecule has 0 amide bonds. The van der Waals surface area contributed by atoms with Crippen LogP contribution in [0.25, 0.3) is 0 Å². The van der Waals surface area contributed by atoms with Gasteiger partial charge >= 0.3 is 0 Å². The van der Waals surface area contributed by atoms with E-state index in [4.69, 9.17) is 9.47 Å². The Bertz CT molecular complexity index is 416. The summed E-state index contributed by atoms with van der Waals surface area (Å²) in [7, 11) is 0. The molecule has 0 radical (unpaired) electrons. The Morgan fingerprint density at radius 3 is 3.18 bits per heavy atom. The summed E-state index contributed by atoms with van der Waals surface area (Å²) in [6.07, 6.45) is 3.05. The Balaban J connectivity index is 1.83. The number of rotatable bonds is 2. The Labute approximate surface area is 99.9 Å². The molecule has 17 heavy (non-hydrogen) atoms. The summed E-state index contributed by atoms with van der Waals surface area (Å²) >= 11 is 0. The van der Waals surface area contributed by atoms with E-state index in [9.17, 15) is 4.39 Å². The van der Waals surface area contributed by atoms with Crippen LogP contribution < -0.4 is 10.1 Å². The Morgan fingerprint density at radius 2 is 2.35 bits per heavy atom. The molecule has 1 unspecified atom stereocenters. The predicted molar refractivity (Wildman–Crippen MR) is 61.4 cm³/mol. The van der Waals surface area contributed by atoms with E-state index in [0.29, 0.717) is 12.6 Å². The first-order chi connectivity index (χ1) is 8.33. The summed E-state index contributed by atoms with van der Waals surface area (Å²) in [6, 6.07) is 3.77. The van der Waals surface area contributed by atoms with Crippen molar-refractivity contribution in [2.75, 3.05) is 13.3 Å². The molecule has 2 heterocycles. The highest BCUT2D eigenvalue weighted by Crippen LogP contribution is 2.28. The summed E-state index contributed by atoms with van der Waals surface area (Å²) in [5.74, 6) is 0.622. The SMILES string of the molecule is Fc1cc2c(cc1CC1CCCN1)OCOC2. The second-order valence-electron chi connectivity index (χ2n) is 4.66. The first-order valence-corrected chi connectivity index (χ1v) is 6.08. The van der Waals surface area contributed by atoms with Crippen LogP contribution in [0.4, 0.5) is 4.39 Å². The fourth-order valence-electron chi connectivity index (χ4n) is 2.49. The molecular formula is C13H16FNO2.